The molecule has 0 saturated carbocycles. The van der Waals surface area contributed by atoms with Crippen LogP contribution >= 0.6 is 0 Å². The molecule has 1 N–H and O–H groups in total. The van der Waals surface area contributed by atoms with Gasteiger partial charge in [0.25, 0.3) is 5.91 Å². The third-order valence-electron chi connectivity index (χ3n) is 4.65. The van der Waals surface area contributed by atoms with Crippen molar-refractivity contribution < 1.29 is 4.79 Å². The van der Waals surface area contributed by atoms with Crippen molar-refractivity contribution in [3.8, 4) is 6.07 Å². The van der Waals surface area contributed by atoms with E-state index in [0.29, 0.717) is 6.42 Å². The molecule has 0 aromatic heterocycles. The number of hydrogen-bond acceptors (Lipinski definition) is 2. The highest BCUT2D eigenvalue weighted by Crippen LogP contribution is 2.38. The lowest BCUT2D eigenvalue weighted by Crippen LogP contribution is -2.47. The van der Waals surface area contributed by atoms with Gasteiger partial charge in [-0.05, 0) is 37.5 Å². The van der Waals surface area contributed by atoms with Crippen LogP contribution in [0.5, 0.6) is 0 Å². The van der Waals surface area contributed by atoms with E-state index in [-0.39, 0.29) is 11.5 Å². The Labute approximate surface area is 142 Å². The Hall–Kier alpha value is -2.86. The highest BCUT2D eigenvalue weighted by atomic mass is 16.1. The number of carbonyl (C=O) groups is 1. The number of benzene rings is 2. The Bertz CT molecular complexity index is 854. The largest absolute Gasteiger partial charge is 0.342 e. The Balaban J connectivity index is 2.09. The summed E-state index contributed by atoms with van der Waals surface area (Å²) >= 11 is 0. The minimum absolute atomic E-state index is 0.212. The van der Waals surface area contributed by atoms with Crippen molar-refractivity contribution >= 4 is 11.5 Å². The first kappa shape index (κ1) is 16.0. The molecular weight excluding hydrogens is 296 g/mol. The van der Waals surface area contributed by atoms with E-state index >= 15 is 0 Å². The fraction of sp³-hybridized carbons (Fsp3) is 0.238. The zero-order valence-electron chi connectivity index (χ0n) is 14.2. The lowest BCUT2D eigenvalue weighted by atomic mass is 9.78. The second-order valence-corrected chi connectivity index (χ2v) is 6.66. The van der Waals surface area contributed by atoms with Crippen molar-refractivity contribution in [1.29, 1.82) is 5.26 Å². The van der Waals surface area contributed by atoms with Crippen molar-refractivity contribution in [1.82, 2.24) is 5.32 Å². The van der Waals surface area contributed by atoms with Crippen LogP contribution in [0, 0.1) is 25.2 Å². The van der Waals surface area contributed by atoms with Crippen LogP contribution in [0.2, 0.25) is 0 Å². The molecule has 2 aromatic carbocycles. The first-order chi connectivity index (χ1) is 11.4. The Morgan fingerprint density at radius 2 is 1.54 bits per heavy atom. The van der Waals surface area contributed by atoms with Crippen LogP contribution in [0.15, 0.2) is 54.1 Å². The third-order valence-corrected chi connectivity index (χ3v) is 4.65. The van der Waals surface area contributed by atoms with Gasteiger partial charge in [0.15, 0.2) is 0 Å². The summed E-state index contributed by atoms with van der Waals surface area (Å²) in [5.41, 5.74) is 4.81. The van der Waals surface area contributed by atoms with Crippen LogP contribution in [-0.2, 0) is 10.3 Å². The van der Waals surface area contributed by atoms with Crippen LogP contribution in [-0.4, -0.2) is 5.91 Å². The molecule has 0 aliphatic carbocycles. The monoisotopic (exact) mass is 316 g/mol. The fourth-order valence-electron chi connectivity index (χ4n) is 3.15. The minimum Gasteiger partial charge on any atom is -0.342 e. The van der Waals surface area contributed by atoms with E-state index in [9.17, 15) is 10.1 Å². The lowest BCUT2D eigenvalue weighted by Gasteiger charge is -2.36. The fourth-order valence-corrected chi connectivity index (χ4v) is 3.15. The Kier molecular flexibility index (Phi) is 3.99. The summed E-state index contributed by atoms with van der Waals surface area (Å²) in [4.78, 5) is 12.5. The van der Waals surface area contributed by atoms with E-state index in [4.69, 9.17) is 0 Å². The highest BCUT2D eigenvalue weighted by molar-refractivity contribution is 6.07. The van der Waals surface area contributed by atoms with Crippen LogP contribution < -0.4 is 5.32 Å². The second-order valence-electron chi connectivity index (χ2n) is 6.66. The number of amides is 1. The van der Waals surface area contributed by atoms with Crippen LogP contribution in [0.1, 0.15) is 35.6 Å². The van der Waals surface area contributed by atoms with E-state index < -0.39 is 5.54 Å². The molecule has 1 aliphatic rings. The van der Waals surface area contributed by atoms with E-state index in [1.54, 1.807) is 0 Å². The maximum absolute atomic E-state index is 12.5. The summed E-state index contributed by atoms with van der Waals surface area (Å²) < 4.78 is 0. The number of nitrogens with one attached hydrogen (secondary N) is 1. The quantitative estimate of drug-likeness (QED) is 0.910. The predicted molar refractivity (Wildman–Crippen MR) is 95.0 cm³/mol. The van der Waals surface area contributed by atoms with Crippen molar-refractivity contribution in [2.45, 2.75) is 32.7 Å². The molecule has 0 spiro atoms. The van der Waals surface area contributed by atoms with E-state index in [1.165, 1.54) is 5.56 Å². The first-order valence-corrected chi connectivity index (χ1v) is 8.03. The number of carbonyl (C=O) groups excluding carboxylic acids is 1. The van der Waals surface area contributed by atoms with Gasteiger partial charge in [0.05, 0.1) is 5.54 Å². The van der Waals surface area contributed by atoms with E-state index in [1.807, 2.05) is 69.3 Å². The van der Waals surface area contributed by atoms with Crippen molar-refractivity contribution in [2.24, 2.45) is 0 Å². The van der Waals surface area contributed by atoms with E-state index in [0.717, 1.165) is 22.3 Å². The average molecular weight is 316 g/mol. The molecule has 0 saturated heterocycles. The van der Waals surface area contributed by atoms with Gasteiger partial charge in [-0.1, -0.05) is 59.7 Å². The summed E-state index contributed by atoms with van der Waals surface area (Å²) in [6.07, 6.45) is 0.591. The van der Waals surface area contributed by atoms with Gasteiger partial charge >= 0.3 is 0 Å². The predicted octanol–water partition coefficient (Wildman–Crippen LogP) is 4.02. The summed E-state index contributed by atoms with van der Waals surface area (Å²) in [6.45, 7) is 6.07. The van der Waals surface area contributed by atoms with Gasteiger partial charge in [0, 0.05) is 6.42 Å². The zero-order chi connectivity index (χ0) is 17.3. The van der Waals surface area contributed by atoms with Gasteiger partial charge in [0.1, 0.15) is 11.6 Å². The molecule has 0 fully saturated rings. The maximum atomic E-state index is 12.5. The number of nitriles is 1. The van der Waals surface area contributed by atoms with E-state index in [2.05, 4.69) is 11.4 Å². The second kappa shape index (κ2) is 5.98. The normalized spacial score (nSPS) is 20.5. The molecule has 0 bridgehead atoms. The van der Waals surface area contributed by atoms with Crippen molar-refractivity contribution in [2.75, 3.05) is 0 Å². The van der Waals surface area contributed by atoms with Gasteiger partial charge in [-0.25, -0.2) is 0 Å². The number of rotatable bonds is 2. The molecule has 1 heterocycles. The summed E-state index contributed by atoms with van der Waals surface area (Å²) in [5, 5.41) is 12.5. The standard InChI is InChI=1S/C21H20N2O/c1-14-4-8-16(9-5-14)18-12-21(3,23-20(24)19(18)13-22)17-10-6-15(2)7-11-17/h4-11H,12H2,1-3H3,(H,23,24)/t21-/m1/s1. The molecule has 3 rings (SSSR count). The maximum Gasteiger partial charge on any atom is 0.262 e. The number of nitrogens with zero attached hydrogens (tertiary/aromatic N) is 1. The smallest absolute Gasteiger partial charge is 0.262 e. The molecule has 120 valence electrons. The average Bonchev–Trinajstić information content (AvgIpc) is 2.55. The molecule has 0 radical (unpaired) electrons. The van der Waals surface area contributed by atoms with Gasteiger partial charge in [-0.3, -0.25) is 4.79 Å². The number of hydrogen-bond donors (Lipinski definition) is 1. The molecule has 1 aliphatic heterocycles. The van der Waals surface area contributed by atoms with Gasteiger partial charge in [0.2, 0.25) is 0 Å². The summed E-state index contributed by atoms with van der Waals surface area (Å²) in [5.74, 6) is -0.303. The van der Waals surface area contributed by atoms with Crippen molar-refractivity contribution in [3.05, 3.63) is 76.4 Å². The topological polar surface area (TPSA) is 52.9 Å². The Morgan fingerprint density at radius 1 is 1.00 bits per heavy atom. The van der Waals surface area contributed by atoms with Gasteiger partial charge < -0.3 is 5.32 Å². The summed E-state index contributed by atoms with van der Waals surface area (Å²) in [6, 6.07) is 18.2. The molecule has 2 aromatic rings. The molecule has 3 heteroatoms. The zero-order valence-corrected chi connectivity index (χ0v) is 14.2. The molecule has 3 nitrogen and oxygen atoms in total. The van der Waals surface area contributed by atoms with Gasteiger partial charge in [-0.2, -0.15) is 5.26 Å². The minimum atomic E-state index is -0.522. The molecular formula is C21H20N2O. The van der Waals surface area contributed by atoms with Crippen molar-refractivity contribution in [3.63, 3.8) is 0 Å². The first-order valence-electron chi connectivity index (χ1n) is 8.03. The molecule has 24 heavy (non-hydrogen) atoms. The summed E-state index contributed by atoms with van der Waals surface area (Å²) in [7, 11) is 0. The Morgan fingerprint density at radius 3 is 2.08 bits per heavy atom. The molecule has 0 unspecified atom stereocenters. The van der Waals surface area contributed by atoms with Crippen LogP contribution in [0.25, 0.3) is 5.57 Å². The molecule has 1 amide bonds. The van der Waals surface area contributed by atoms with Gasteiger partial charge in [-0.15, -0.1) is 0 Å². The number of aryl methyl sites for hydroxylation is 2. The SMILES string of the molecule is Cc1ccc(C2=C(C#N)C(=O)N[C@@](C)(c3ccc(C)cc3)C2)cc1. The third kappa shape index (κ3) is 2.83. The highest BCUT2D eigenvalue weighted by Gasteiger charge is 2.37. The van der Waals surface area contributed by atoms with Crippen LogP contribution in [0.3, 0.4) is 0 Å². The van der Waals surface area contributed by atoms with Crippen LogP contribution in [0.4, 0.5) is 0 Å². The molecule has 1 atom stereocenters. The lowest BCUT2D eigenvalue weighted by molar-refractivity contribution is -0.119.